The van der Waals surface area contributed by atoms with Gasteiger partial charge in [0.25, 0.3) is 0 Å². The van der Waals surface area contributed by atoms with E-state index in [-0.39, 0.29) is 55.6 Å². The lowest BCUT2D eigenvalue weighted by Crippen LogP contribution is -2.43. The number of carbonyl (C=O) groups excluding carboxylic acids is 8. The highest BCUT2D eigenvalue weighted by Crippen LogP contribution is 2.32. The van der Waals surface area contributed by atoms with Gasteiger partial charge in [0.1, 0.15) is 41.1 Å². The van der Waals surface area contributed by atoms with Crippen molar-refractivity contribution in [1.82, 2.24) is 16.0 Å². The molecule has 5 N–H and O–H groups in total. The second-order valence-corrected chi connectivity index (χ2v) is 28.7. The van der Waals surface area contributed by atoms with Crippen LogP contribution in [0.1, 0.15) is 101 Å². The standard InChI is InChI=1S/C24H25I2NO7.C24H25I2NO6S.C20H21I2NO4S/c1-4-32-24(31)21(13-16-5-8-18(9-6-16)33-14(2)28)27-22(30)10-7-17-11-19(25)23(20(26)12-17)34-15(3)29;1-4-31-24(30)21(13-16-5-8-18(9-6-16)32-14(2)28)27-22(34)10-7-17-11-19(25)23(20(26)12-17)33-15(3)29;1-2-27-20(26)17(11-12-3-6-14(24)7-4-12)23-18(28)8-5-13-9-15(21)19(25)16(22)10-13/h5-6,8-9,11-12,21H,4,7,10,13H2,1-3H3,(H,27,30);5-6,8-9,11-12,21H,4,7,10,13H2,1-3H3,(H,27,34);3-4,6-7,9-10,17,24-25H,2,5,8,11H2,1H3,(H,23,28). The zero-order valence-corrected chi connectivity index (χ0v) is 67.8. The summed E-state index contributed by atoms with van der Waals surface area (Å²) in [7, 11) is 0. The van der Waals surface area contributed by atoms with Crippen LogP contribution >= 0.6 is 160 Å². The van der Waals surface area contributed by atoms with Crippen LogP contribution < -0.4 is 34.9 Å². The number of hydrogen-bond acceptors (Lipinski definition) is 19. The van der Waals surface area contributed by atoms with E-state index in [2.05, 4.69) is 151 Å². The summed E-state index contributed by atoms with van der Waals surface area (Å²) in [5.41, 5.74) is 5.57. The summed E-state index contributed by atoms with van der Waals surface area (Å²) in [6, 6.07) is 29.8. The summed E-state index contributed by atoms with van der Waals surface area (Å²) >= 11 is 23.6. The molecular formula is C68H71I6N3O17S2. The highest BCUT2D eigenvalue weighted by atomic mass is 127. The molecule has 3 atom stereocenters. The number of rotatable bonds is 28. The minimum atomic E-state index is -0.848. The number of ether oxygens (including phenoxy) is 7. The van der Waals surface area contributed by atoms with Crippen LogP contribution in [-0.2, 0) is 91.1 Å². The fourth-order valence-electron chi connectivity index (χ4n) is 8.70. The normalized spacial score (nSPS) is 11.4. The monoisotopic (exact) mass is 2030 g/mol. The highest BCUT2D eigenvalue weighted by Gasteiger charge is 2.26. The van der Waals surface area contributed by atoms with E-state index in [0.717, 1.165) is 54.8 Å². The summed E-state index contributed by atoms with van der Waals surface area (Å²) in [5.74, 6) is -0.746. The molecule has 0 aliphatic heterocycles. The number of hydrogen-bond donors (Lipinski definition) is 5. The molecule has 28 heteroatoms. The number of aryl methyl sites for hydroxylation is 3. The molecule has 0 aliphatic carbocycles. The van der Waals surface area contributed by atoms with Gasteiger partial charge in [-0.05, 0) is 282 Å². The maximum absolute atomic E-state index is 12.6. The van der Waals surface area contributed by atoms with Crippen LogP contribution in [0.15, 0.2) is 109 Å². The Balaban J connectivity index is 0.000000308. The zero-order valence-electron chi connectivity index (χ0n) is 53.2. The van der Waals surface area contributed by atoms with Crippen molar-refractivity contribution in [2.24, 2.45) is 0 Å². The van der Waals surface area contributed by atoms with Crippen molar-refractivity contribution in [2.75, 3.05) is 19.8 Å². The van der Waals surface area contributed by atoms with Gasteiger partial charge in [0.15, 0.2) is 11.5 Å². The van der Waals surface area contributed by atoms with Gasteiger partial charge in [-0.25, -0.2) is 14.4 Å². The van der Waals surface area contributed by atoms with Crippen molar-refractivity contribution in [2.45, 2.75) is 124 Å². The molecule has 0 saturated carbocycles. The molecule has 0 spiro atoms. The van der Waals surface area contributed by atoms with Crippen LogP contribution in [-0.4, -0.2) is 106 Å². The van der Waals surface area contributed by atoms with Gasteiger partial charge in [0, 0.05) is 66.2 Å². The summed E-state index contributed by atoms with van der Waals surface area (Å²) in [5, 5.41) is 28.3. The average Bonchev–Trinajstić information content (AvgIpc) is 0.913. The molecular weight excluding hydrogens is 1960 g/mol. The van der Waals surface area contributed by atoms with E-state index in [1.165, 1.54) is 27.7 Å². The first-order valence-electron chi connectivity index (χ1n) is 29.7. The van der Waals surface area contributed by atoms with Crippen molar-refractivity contribution < 1.29 is 81.7 Å². The lowest BCUT2D eigenvalue weighted by Gasteiger charge is -2.19. The van der Waals surface area contributed by atoms with Crippen LogP contribution in [0.25, 0.3) is 0 Å². The zero-order chi connectivity index (χ0) is 71.2. The van der Waals surface area contributed by atoms with Gasteiger partial charge in [-0.3, -0.25) is 24.0 Å². The van der Waals surface area contributed by atoms with Gasteiger partial charge >= 0.3 is 41.8 Å². The van der Waals surface area contributed by atoms with Crippen molar-refractivity contribution in [3.63, 3.8) is 0 Å². The molecule has 1 amide bonds. The molecule has 0 saturated heterocycles. The van der Waals surface area contributed by atoms with E-state index in [0.29, 0.717) is 90.3 Å². The number of phenols is 2. The third-order valence-corrected chi connectivity index (χ3v) is 18.4. The number of carbonyl (C=O) groups is 8. The summed E-state index contributed by atoms with van der Waals surface area (Å²) in [6.07, 6.45) is 4.11. The quantitative estimate of drug-likeness (QED) is 0.0100. The van der Waals surface area contributed by atoms with E-state index in [1.54, 1.807) is 93.6 Å². The fourth-order valence-corrected chi connectivity index (χ4v) is 15.3. The molecule has 96 heavy (non-hydrogen) atoms. The predicted molar refractivity (Wildman–Crippen MR) is 420 cm³/mol. The molecule has 6 aromatic carbocycles. The Kier molecular flexibility index (Phi) is 37.6. The smallest absolute Gasteiger partial charge is 0.328 e. The minimum Gasteiger partial charge on any atom is -0.508 e. The Morgan fingerprint density at radius 2 is 0.677 bits per heavy atom. The van der Waals surface area contributed by atoms with Gasteiger partial charge in [0.05, 0.1) is 51.2 Å². The van der Waals surface area contributed by atoms with Crippen LogP contribution in [0.4, 0.5) is 0 Å². The Hall–Kier alpha value is -5.16. The Bertz CT molecular complexity index is 3470. The number of thiocarbonyl (C=S) groups is 2. The number of amides is 1. The van der Waals surface area contributed by atoms with Crippen LogP contribution in [0, 0.1) is 21.4 Å². The summed E-state index contributed by atoms with van der Waals surface area (Å²) < 4.78 is 40.9. The number of benzene rings is 6. The predicted octanol–water partition coefficient (Wildman–Crippen LogP) is 13.1. The first kappa shape index (κ1) is 83.3. The number of phenolic OH excluding ortho intramolecular Hbond substituents is 2. The number of nitrogens with one attached hydrogen (secondary N) is 3. The molecule has 0 radical (unpaired) electrons. The van der Waals surface area contributed by atoms with E-state index in [1.807, 2.05) is 36.4 Å². The number of esters is 7. The molecule has 0 heterocycles. The Labute approximate surface area is 650 Å². The number of aromatic hydroxyl groups is 2. The number of halogens is 6. The maximum Gasteiger partial charge on any atom is 0.328 e. The summed E-state index contributed by atoms with van der Waals surface area (Å²) in [6.45, 7) is 11.4. The van der Waals surface area contributed by atoms with Crippen molar-refractivity contribution in [3.8, 4) is 34.5 Å². The first-order valence-corrected chi connectivity index (χ1v) is 37.0. The Morgan fingerprint density at radius 1 is 0.396 bits per heavy atom. The molecule has 0 bridgehead atoms. The van der Waals surface area contributed by atoms with Gasteiger partial charge in [-0.2, -0.15) is 0 Å². The summed E-state index contributed by atoms with van der Waals surface area (Å²) in [4.78, 5) is 95.8. The molecule has 6 rings (SSSR count). The van der Waals surface area contributed by atoms with Crippen LogP contribution in [0.3, 0.4) is 0 Å². The van der Waals surface area contributed by atoms with E-state index in [9.17, 15) is 48.6 Å². The first-order chi connectivity index (χ1) is 45.5. The largest absolute Gasteiger partial charge is 0.508 e. The molecule has 514 valence electrons. The van der Waals surface area contributed by atoms with E-state index < -0.39 is 42.0 Å². The van der Waals surface area contributed by atoms with Crippen molar-refractivity contribution in [1.29, 1.82) is 0 Å². The maximum atomic E-state index is 12.6. The minimum absolute atomic E-state index is 0.167. The molecule has 6 aromatic rings. The van der Waals surface area contributed by atoms with Gasteiger partial charge in [-0.1, -0.05) is 60.8 Å². The highest BCUT2D eigenvalue weighted by molar-refractivity contribution is 14.1. The van der Waals surface area contributed by atoms with Gasteiger partial charge in [-0.15, -0.1) is 0 Å². The molecule has 0 aliphatic rings. The van der Waals surface area contributed by atoms with E-state index >= 15 is 0 Å². The molecule has 3 unspecified atom stereocenters. The van der Waals surface area contributed by atoms with Crippen LogP contribution in [0.2, 0.25) is 0 Å². The van der Waals surface area contributed by atoms with Crippen LogP contribution in [0.5, 0.6) is 34.5 Å². The fraction of sp³-hybridized carbons (Fsp3) is 0.324. The Morgan fingerprint density at radius 3 is 0.979 bits per heavy atom. The molecule has 0 fully saturated rings. The topological polar surface area (TPSA) is 278 Å². The third kappa shape index (κ3) is 30.9. The van der Waals surface area contributed by atoms with E-state index in [4.69, 9.17) is 57.6 Å². The lowest BCUT2D eigenvalue weighted by atomic mass is 10.0. The molecule has 0 aromatic heterocycles. The average molecular weight is 2030 g/mol. The third-order valence-electron chi connectivity index (χ3n) is 13.0. The second kappa shape index (κ2) is 43.4. The van der Waals surface area contributed by atoms with Gasteiger partial charge < -0.3 is 59.3 Å². The SMILES string of the molecule is CCOC(=O)C(Cc1ccc(O)cc1)NC(=S)CCc1cc(I)c(O)c(I)c1.CCOC(=O)C(Cc1ccc(OC(C)=O)cc1)NC(=O)CCc1cc(I)c(OC(C)=O)c(I)c1.CCOC(=O)C(Cc1ccc(OC(C)=O)cc1)NC(=S)CCc1cc(I)c(OC(C)=O)c(I)c1. The second-order valence-electron chi connectivity index (χ2n) is 20.7. The van der Waals surface area contributed by atoms with Gasteiger partial charge in [0.2, 0.25) is 5.91 Å². The van der Waals surface area contributed by atoms with Crippen molar-refractivity contribution in [3.05, 3.63) is 164 Å². The van der Waals surface area contributed by atoms with Crippen molar-refractivity contribution >= 4 is 218 Å². The lowest BCUT2D eigenvalue weighted by molar-refractivity contribution is -0.147. The molecule has 20 nitrogen and oxygen atoms in total.